The molecule has 94 valence electrons. The summed E-state index contributed by atoms with van der Waals surface area (Å²) in [4.78, 5) is 11.9. The third kappa shape index (κ3) is 3.05. The van der Waals surface area contributed by atoms with Gasteiger partial charge in [-0.15, -0.1) is 11.8 Å². The molecule has 3 heteroatoms. The minimum atomic E-state index is -0.737. The number of carboxylic acid groups (broad SMARTS) is 1. The van der Waals surface area contributed by atoms with Crippen LogP contribution < -0.4 is 0 Å². The van der Waals surface area contributed by atoms with Crippen molar-refractivity contribution in [3.63, 3.8) is 0 Å². The Morgan fingerprint density at radius 2 is 1.89 bits per heavy atom. The van der Waals surface area contributed by atoms with Crippen LogP contribution in [-0.4, -0.2) is 16.8 Å². The lowest BCUT2D eigenvalue weighted by Crippen LogP contribution is -2.11. The first kappa shape index (κ1) is 13.0. The average molecular weight is 260 g/mol. The zero-order valence-electron chi connectivity index (χ0n) is 10.5. The minimum Gasteiger partial charge on any atom is -0.481 e. The Kier molecular flexibility index (Phi) is 3.92. The summed E-state index contributed by atoms with van der Waals surface area (Å²) in [7, 11) is 0. The van der Waals surface area contributed by atoms with Crippen LogP contribution in [0.5, 0.6) is 0 Å². The Bertz CT molecular complexity index is 578. The van der Waals surface area contributed by atoms with Crippen LogP contribution >= 0.6 is 11.8 Å². The van der Waals surface area contributed by atoms with Crippen LogP contribution in [0.1, 0.15) is 12.5 Å². The van der Waals surface area contributed by atoms with Gasteiger partial charge in [-0.3, -0.25) is 4.79 Å². The van der Waals surface area contributed by atoms with Gasteiger partial charge in [0.2, 0.25) is 0 Å². The highest BCUT2D eigenvalue weighted by molar-refractivity contribution is 7.99. The topological polar surface area (TPSA) is 37.3 Å². The van der Waals surface area contributed by atoms with E-state index in [-0.39, 0.29) is 5.92 Å². The molecule has 0 bridgehead atoms. The molecule has 0 aliphatic carbocycles. The Hall–Kier alpha value is -1.48. The second kappa shape index (κ2) is 5.44. The molecule has 1 unspecified atom stereocenters. The summed E-state index contributed by atoms with van der Waals surface area (Å²) >= 11 is 1.60. The lowest BCUT2D eigenvalue weighted by Gasteiger charge is -2.07. The molecular weight excluding hydrogens is 244 g/mol. The van der Waals surface area contributed by atoms with E-state index in [9.17, 15) is 4.79 Å². The molecule has 1 N–H and O–H groups in total. The molecule has 2 aromatic carbocycles. The van der Waals surface area contributed by atoms with Crippen molar-refractivity contribution in [2.24, 2.45) is 5.92 Å². The van der Waals surface area contributed by atoms with Crippen molar-refractivity contribution >= 4 is 28.5 Å². The van der Waals surface area contributed by atoms with Gasteiger partial charge in [0.05, 0.1) is 5.92 Å². The largest absolute Gasteiger partial charge is 0.481 e. The quantitative estimate of drug-likeness (QED) is 0.845. The second-order valence-electron chi connectivity index (χ2n) is 4.56. The molecule has 0 spiro atoms. The summed E-state index contributed by atoms with van der Waals surface area (Å²) in [6, 6.07) is 12.6. The van der Waals surface area contributed by atoms with Gasteiger partial charge in [-0.05, 0) is 29.8 Å². The van der Waals surface area contributed by atoms with E-state index in [1.165, 1.54) is 16.3 Å². The van der Waals surface area contributed by atoms with Crippen LogP contribution in [-0.2, 0) is 4.79 Å². The van der Waals surface area contributed by atoms with E-state index in [2.05, 4.69) is 43.3 Å². The number of carboxylic acids is 1. The summed E-state index contributed by atoms with van der Waals surface area (Å²) in [5, 5.41) is 11.3. The number of rotatable bonds is 4. The molecule has 0 saturated heterocycles. The Morgan fingerprint density at radius 1 is 1.22 bits per heavy atom. The summed E-state index contributed by atoms with van der Waals surface area (Å²) in [6.07, 6.45) is 0. The van der Waals surface area contributed by atoms with Crippen LogP contribution in [0.25, 0.3) is 10.8 Å². The highest BCUT2D eigenvalue weighted by Crippen LogP contribution is 2.25. The van der Waals surface area contributed by atoms with Crippen molar-refractivity contribution in [2.75, 3.05) is 5.75 Å². The van der Waals surface area contributed by atoms with Crippen molar-refractivity contribution in [1.29, 1.82) is 0 Å². The first-order valence-corrected chi connectivity index (χ1v) is 6.91. The maximum atomic E-state index is 10.8. The molecule has 2 nitrogen and oxygen atoms in total. The van der Waals surface area contributed by atoms with Crippen LogP contribution in [0, 0.1) is 12.8 Å². The van der Waals surface area contributed by atoms with Gasteiger partial charge in [-0.1, -0.05) is 36.8 Å². The normalized spacial score (nSPS) is 12.6. The summed E-state index contributed by atoms with van der Waals surface area (Å²) < 4.78 is 0. The minimum absolute atomic E-state index is 0.316. The third-order valence-corrected chi connectivity index (χ3v) is 4.14. The van der Waals surface area contributed by atoms with Crippen molar-refractivity contribution < 1.29 is 9.90 Å². The van der Waals surface area contributed by atoms with Crippen LogP contribution in [0.4, 0.5) is 0 Å². The molecule has 0 fully saturated rings. The van der Waals surface area contributed by atoms with Crippen LogP contribution in [0.2, 0.25) is 0 Å². The van der Waals surface area contributed by atoms with Crippen molar-refractivity contribution in [3.8, 4) is 0 Å². The smallest absolute Gasteiger partial charge is 0.307 e. The van der Waals surface area contributed by atoms with Gasteiger partial charge in [0.25, 0.3) is 0 Å². The molecule has 0 amide bonds. The molecule has 0 heterocycles. The number of hydrogen-bond acceptors (Lipinski definition) is 2. The van der Waals surface area contributed by atoms with Gasteiger partial charge in [-0.25, -0.2) is 0 Å². The fourth-order valence-electron chi connectivity index (χ4n) is 1.73. The third-order valence-electron chi connectivity index (χ3n) is 2.89. The summed E-state index contributed by atoms with van der Waals surface area (Å²) in [6.45, 7) is 3.82. The molecular formula is C15H16O2S. The van der Waals surface area contributed by atoms with Crippen molar-refractivity contribution in [1.82, 2.24) is 0 Å². The van der Waals surface area contributed by atoms with Gasteiger partial charge in [0.15, 0.2) is 0 Å². The first-order valence-electron chi connectivity index (χ1n) is 5.92. The fourth-order valence-corrected chi connectivity index (χ4v) is 2.69. The van der Waals surface area contributed by atoms with E-state index in [0.29, 0.717) is 5.75 Å². The van der Waals surface area contributed by atoms with E-state index in [1.807, 2.05) is 0 Å². The number of aliphatic carboxylic acids is 1. The summed E-state index contributed by atoms with van der Waals surface area (Å²) in [5.74, 6) is -0.449. The fraction of sp³-hybridized carbons (Fsp3) is 0.267. The van der Waals surface area contributed by atoms with E-state index in [1.54, 1.807) is 18.7 Å². The number of fused-ring (bicyclic) bond motifs is 1. The molecule has 2 aromatic rings. The van der Waals surface area contributed by atoms with E-state index in [4.69, 9.17) is 5.11 Å². The first-order chi connectivity index (χ1) is 8.56. The number of benzene rings is 2. The van der Waals surface area contributed by atoms with Gasteiger partial charge in [0, 0.05) is 10.6 Å². The Morgan fingerprint density at radius 3 is 2.61 bits per heavy atom. The molecule has 0 aromatic heterocycles. The monoisotopic (exact) mass is 260 g/mol. The molecule has 0 saturated carbocycles. The van der Waals surface area contributed by atoms with Gasteiger partial charge < -0.3 is 5.11 Å². The lowest BCUT2D eigenvalue weighted by molar-refractivity contribution is -0.140. The van der Waals surface area contributed by atoms with E-state index >= 15 is 0 Å². The van der Waals surface area contributed by atoms with E-state index in [0.717, 1.165) is 4.90 Å². The summed E-state index contributed by atoms with van der Waals surface area (Å²) in [5.41, 5.74) is 1.25. The standard InChI is InChI=1S/C15H16O2S/c1-10-3-4-13-8-14(6-5-12(13)7-10)18-9-11(2)15(16)17/h3-8,11H,9H2,1-2H3,(H,16,17). The Balaban J connectivity index is 2.15. The number of hydrogen-bond donors (Lipinski definition) is 1. The molecule has 18 heavy (non-hydrogen) atoms. The lowest BCUT2D eigenvalue weighted by atomic mass is 10.1. The van der Waals surface area contributed by atoms with Crippen LogP contribution in [0.3, 0.4) is 0 Å². The number of thioether (sulfide) groups is 1. The van der Waals surface area contributed by atoms with Gasteiger partial charge in [-0.2, -0.15) is 0 Å². The maximum absolute atomic E-state index is 10.8. The highest BCUT2D eigenvalue weighted by atomic mass is 32.2. The van der Waals surface area contributed by atoms with Crippen molar-refractivity contribution in [3.05, 3.63) is 42.0 Å². The van der Waals surface area contributed by atoms with Gasteiger partial charge >= 0.3 is 5.97 Å². The molecule has 0 radical (unpaired) electrons. The van der Waals surface area contributed by atoms with Gasteiger partial charge in [0.1, 0.15) is 0 Å². The molecule has 1 atom stereocenters. The second-order valence-corrected chi connectivity index (χ2v) is 5.66. The predicted molar refractivity (Wildman–Crippen MR) is 76.2 cm³/mol. The highest BCUT2D eigenvalue weighted by Gasteiger charge is 2.11. The zero-order chi connectivity index (χ0) is 13.1. The molecule has 0 aliphatic heterocycles. The maximum Gasteiger partial charge on any atom is 0.307 e. The van der Waals surface area contributed by atoms with E-state index < -0.39 is 5.97 Å². The zero-order valence-corrected chi connectivity index (χ0v) is 11.3. The SMILES string of the molecule is Cc1ccc2cc(SCC(C)C(=O)O)ccc2c1. The van der Waals surface area contributed by atoms with Crippen LogP contribution in [0.15, 0.2) is 41.3 Å². The molecule has 0 aliphatic rings. The molecule has 2 rings (SSSR count). The number of carbonyl (C=O) groups is 1. The predicted octanol–water partition coefficient (Wildman–Crippen LogP) is 3.96. The Labute approximate surface area is 111 Å². The van der Waals surface area contributed by atoms with Crippen molar-refractivity contribution in [2.45, 2.75) is 18.7 Å². The number of aryl methyl sites for hydroxylation is 1. The average Bonchev–Trinajstić information content (AvgIpc) is 2.35.